The molecule has 2 fully saturated rings. The van der Waals surface area contributed by atoms with Gasteiger partial charge in [-0.2, -0.15) is 13.2 Å². The van der Waals surface area contributed by atoms with Gasteiger partial charge in [0.2, 0.25) is 5.91 Å². The summed E-state index contributed by atoms with van der Waals surface area (Å²) in [6.45, 7) is 0.974. The molecule has 24 heavy (non-hydrogen) atoms. The molecular formula is C15H16F3N3O2S. The van der Waals surface area contributed by atoms with Crippen molar-refractivity contribution in [1.29, 1.82) is 0 Å². The Morgan fingerprint density at radius 3 is 2.75 bits per heavy atom. The quantitative estimate of drug-likeness (QED) is 0.788. The zero-order chi connectivity index (χ0) is 17.3. The van der Waals surface area contributed by atoms with E-state index >= 15 is 0 Å². The summed E-state index contributed by atoms with van der Waals surface area (Å²) in [6.07, 6.45) is 0.644. The molecule has 0 radical (unpaired) electrons. The minimum absolute atomic E-state index is 0.0355. The van der Waals surface area contributed by atoms with Crippen LogP contribution in [0, 0.1) is 0 Å². The van der Waals surface area contributed by atoms with Crippen LogP contribution in [0.5, 0.6) is 0 Å². The van der Waals surface area contributed by atoms with E-state index in [1.54, 1.807) is 6.07 Å². The third kappa shape index (κ3) is 3.84. The van der Waals surface area contributed by atoms with Crippen LogP contribution in [0.2, 0.25) is 0 Å². The third-order valence-electron chi connectivity index (χ3n) is 4.11. The Morgan fingerprint density at radius 1 is 1.25 bits per heavy atom. The summed E-state index contributed by atoms with van der Waals surface area (Å²) in [4.78, 5) is 25.5. The Hall–Kier alpha value is -1.74. The first kappa shape index (κ1) is 17.1. The second kappa shape index (κ2) is 6.64. The number of rotatable bonds is 2. The highest BCUT2D eigenvalue weighted by molar-refractivity contribution is 8.00. The van der Waals surface area contributed by atoms with Crippen LogP contribution < -0.4 is 10.6 Å². The number of carbonyl (C=O) groups excluding carboxylic acids is 2. The molecule has 1 aromatic carbocycles. The van der Waals surface area contributed by atoms with Crippen LogP contribution in [0.3, 0.4) is 0 Å². The van der Waals surface area contributed by atoms with Crippen molar-refractivity contribution in [2.24, 2.45) is 0 Å². The van der Waals surface area contributed by atoms with Crippen molar-refractivity contribution in [3.8, 4) is 0 Å². The van der Waals surface area contributed by atoms with Crippen molar-refractivity contribution in [2.75, 3.05) is 19.6 Å². The number of piperidine rings is 1. The lowest BCUT2D eigenvalue weighted by Gasteiger charge is -2.42. The van der Waals surface area contributed by atoms with Crippen molar-refractivity contribution in [1.82, 2.24) is 15.5 Å². The highest BCUT2D eigenvalue weighted by Crippen LogP contribution is 2.38. The number of amides is 2. The van der Waals surface area contributed by atoms with Gasteiger partial charge in [-0.15, -0.1) is 0 Å². The maximum Gasteiger partial charge on any atom is 0.446 e. The largest absolute Gasteiger partial charge is 0.446 e. The van der Waals surface area contributed by atoms with Crippen molar-refractivity contribution in [2.45, 2.75) is 28.9 Å². The summed E-state index contributed by atoms with van der Waals surface area (Å²) < 4.78 is 38.0. The number of hydrogen-bond acceptors (Lipinski definition) is 4. The molecule has 0 unspecified atom stereocenters. The van der Waals surface area contributed by atoms with Crippen LogP contribution in [0.1, 0.15) is 16.8 Å². The molecule has 2 aliphatic rings. The molecular weight excluding hydrogens is 343 g/mol. The standard InChI is InChI=1S/C15H16F3N3O2S/c16-15(17,18)24-12-4-2-1-3-9(12)14(23)21-6-5-10-11(8-21)20-13(22)7-19-10/h1-4,10-11,19H,5-8H2,(H,20,22)/t10-,11+/m0/s1. The van der Waals surface area contributed by atoms with Gasteiger partial charge < -0.3 is 15.5 Å². The summed E-state index contributed by atoms with van der Waals surface area (Å²) in [5.74, 6) is -0.584. The zero-order valence-electron chi connectivity index (χ0n) is 12.6. The molecule has 0 saturated carbocycles. The van der Waals surface area contributed by atoms with Crippen molar-refractivity contribution in [3.63, 3.8) is 0 Å². The molecule has 3 rings (SSSR count). The van der Waals surface area contributed by atoms with Gasteiger partial charge in [0.25, 0.3) is 5.91 Å². The maximum atomic E-state index is 12.7. The molecule has 2 aliphatic heterocycles. The molecule has 0 bridgehead atoms. The molecule has 2 amide bonds. The van der Waals surface area contributed by atoms with E-state index in [2.05, 4.69) is 10.6 Å². The molecule has 2 N–H and O–H groups in total. The number of benzene rings is 1. The molecule has 2 heterocycles. The Morgan fingerprint density at radius 2 is 2.00 bits per heavy atom. The average molecular weight is 359 g/mol. The number of likely N-dealkylation sites (tertiary alicyclic amines) is 1. The number of thioether (sulfide) groups is 1. The lowest BCUT2D eigenvalue weighted by molar-refractivity contribution is -0.123. The van der Waals surface area contributed by atoms with E-state index in [4.69, 9.17) is 0 Å². The van der Waals surface area contributed by atoms with E-state index in [1.165, 1.54) is 23.1 Å². The molecule has 0 spiro atoms. The Bertz CT molecular complexity index is 653. The van der Waals surface area contributed by atoms with E-state index in [-0.39, 0.29) is 53.3 Å². The van der Waals surface area contributed by atoms with Crippen molar-refractivity contribution in [3.05, 3.63) is 29.8 Å². The van der Waals surface area contributed by atoms with Crippen molar-refractivity contribution < 1.29 is 22.8 Å². The van der Waals surface area contributed by atoms with Crippen LogP contribution in [0.4, 0.5) is 13.2 Å². The number of nitrogens with one attached hydrogen (secondary N) is 2. The highest BCUT2D eigenvalue weighted by Gasteiger charge is 2.37. The van der Waals surface area contributed by atoms with Gasteiger partial charge in [-0.25, -0.2) is 0 Å². The van der Waals surface area contributed by atoms with Gasteiger partial charge in [0.1, 0.15) is 0 Å². The number of hydrogen-bond donors (Lipinski definition) is 2. The molecule has 2 saturated heterocycles. The Balaban J connectivity index is 1.76. The van der Waals surface area contributed by atoms with E-state index in [1.807, 2.05) is 0 Å². The summed E-state index contributed by atoms with van der Waals surface area (Å²) >= 11 is -0.287. The lowest BCUT2D eigenvalue weighted by Crippen LogP contribution is -2.66. The van der Waals surface area contributed by atoms with Gasteiger partial charge in [0.05, 0.1) is 18.2 Å². The highest BCUT2D eigenvalue weighted by atomic mass is 32.2. The third-order valence-corrected chi connectivity index (χ3v) is 4.92. The van der Waals surface area contributed by atoms with Crippen molar-refractivity contribution >= 4 is 23.6 Å². The minimum atomic E-state index is -4.45. The summed E-state index contributed by atoms with van der Waals surface area (Å²) in [5.41, 5.74) is -4.42. The number of halogens is 3. The summed E-state index contributed by atoms with van der Waals surface area (Å²) in [5, 5.41) is 5.94. The van der Waals surface area contributed by atoms with Crippen LogP contribution in [-0.4, -0.2) is 53.9 Å². The van der Waals surface area contributed by atoms with Gasteiger partial charge in [-0.05, 0) is 30.3 Å². The van der Waals surface area contributed by atoms with Gasteiger partial charge in [-0.1, -0.05) is 12.1 Å². The number of carbonyl (C=O) groups is 2. The van der Waals surface area contributed by atoms with E-state index in [0.717, 1.165) is 0 Å². The Kier molecular flexibility index (Phi) is 4.73. The molecule has 2 atom stereocenters. The minimum Gasteiger partial charge on any atom is -0.349 e. The summed E-state index contributed by atoms with van der Waals surface area (Å²) in [6, 6.07) is 5.59. The predicted molar refractivity (Wildman–Crippen MR) is 82.6 cm³/mol. The lowest BCUT2D eigenvalue weighted by atomic mass is 9.96. The summed E-state index contributed by atoms with van der Waals surface area (Å²) in [7, 11) is 0. The van der Waals surface area contributed by atoms with E-state index in [0.29, 0.717) is 13.0 Å². The van der Waals surface area contributed by atoms with Crippen LogP contribution >= 0.6 is 11.8 Å². The van der Waals surface area contributed by atoms with Gasteiger partial charge >= 0.3 is 5.51 Å². The zero-order valence-corrected chi connectivity index (χ0v) is 13.4. The van der Waals surface area contributed by atoms with Gasteiger partial charge in [0, 0.05) is 24.0 Å². The normalized spacial score (nSPS) is 24.3. The van der Waals surface area contributed by atoms with Crippen LogP contribution in [0.15, 0.2) is 29.2 Å². The monoisotopic (exact) mass is 359 g/mol. The topological polar surface area (TPSA) is 61.4 Å². The number of piperazine rings is 1. The first-order chi connectivity index (χ1) is 11.3. The molecule has 130 valence electrons. The average Bonchev–Trinajstić information content (AvgIpc) is 2.52. The predicted octanol–water partition coefficient (Wildman–Crippen LogP) is 1.60. The number of nitrogens with zero attached hydrogens (tertiary/aromatic N) is 1. The fourth-order valence-corrected chi connectivity index (χ4v) is 3.70. The first-order valence-corrected chi connectivity index (χ1v) is 8.32. The molecule has 0 aromatic heterocycles. The molecule has 1 aromatic rings. The van der Waals surface area contributed by atoms with Crippen LogP contribution in [-0.2, 0) is 4.79 Å². The SMILES string of the molecule is O=C1CN[C@H]2CCN(C(=O)c3ccccc3SC(F)(F)F)C[C@H]2N1. The second-order valence-corrected chi connectivity index (χ2v) is 6.85. The fourth-order valence-electron chi connectivity index (χ4n) is 3.04. The van der Waals surface area contributed by atoms with Crippen LogP contribution in [0.25, 0.3) is 0 Å². The fraction of sp³-hybridized carbons (Fsp3) is 0.467. The number of alkyl halides is 3. The maximum absolute atomic E-state index is 12.7. The van der Waals surface area contributed by atoms with E-state index in [9.17, 15) is 22.8 Å². The van der Waals surface area contributed by atoms with E-state index < -0.39 is 11.4 Å². The Labute approximate surface area is 141 Å². The first-order valence-electron chi connectivity index (χ1n) is 7.50. The molecule has 0 aliphatic carbocycles. The number of fused-ring (bicyclic) bond motifs is 1. The molecule has 9 heteroatoms. The second-order valence-electron chi connectivity index (χ2n) is 5.75. The molecule has 5 nitrogen and oxygen atoms in total. The van der Waals surface area contributed by atoms with Gasteiger partial charge in [-0.3, -0.25) is 9.59 Å². The smallest absolute Gasteiger partial charge is 0.349 e. The van der Waals surface area contributed by atoms with Gasteiger partial charge in [0.15, 0.2) is 0 Å².